The third kappa shape index (κ3) is 4.35. The number of hydrogen-bond donors (Lipinski definition) is 1. The number of thiophene rings is 1. The van der Waals surface area contributed by atoms with Gasteiger partial charge in [-0.05, 0) is 61.1 Å². The molecule has 1 N–H and O–H groups in total. The Morgan fingerprint density at radius 1 is 1.12 bits per heavy atom. The number of carbonyl (C=O) groups excluding carboxylic acids is 1. The summed E-state index contributed by atoms with van der Waals surface area (Å²) in [6.07, 6.45) is 5.87. The number of ether oxygens (including phenoxy) is 1. The Kier molecular flexibility index (Phi) is 6.58. The molecule has 1 aliphatic carbocycles. The summed E-state index contributed by atoms with van der Waals surface area (Å²) in [5, 5.41) is 5.27. The van der Waals surface area contributed by atoms with Crippen LogP contribution in [-0.4, -0.2) is 37.1 Å². The molecule has 2 aliphatic rings. The Labute approximate surface area is 201 Å². The maximum absolute atomic E-state index is 12.9. The second-order valence-corrected chi connectivity index (χ2v) is 10.1. The van der Waals surface area contributed by atoms with Crippen molar-refractivity contribution in [1.29, 1.82) is 0 Å². The third-order valence-electron chi connectivity index (χ3n) is 6.13. The van der Waals surface area contributed by atoms with Crippen molar-refractivity contribution < 1.29 is 13.9 Å². The van der Waals surface area contributed by atoms with Crippen LogP contribution in [0, 0.1) is 0 Å². The summed E-state index contributed by atoms with van der Waals surface area (Å²) in [6, 6.07) is 9.00. The molecule has 5 nitrogen and oxygen atoms in total. The van der Waals surface area contributed by atoms with E-state index in [2.05, 4.69) is 10.2 Å². The maximum atomic E-state index is 12.9. The summed E-state index contributed by atoms with van der Waals surface area (Å²) in [5.41, 5.74) is 3.49. The highest BCUT2D eigenvalue weighted by molar-refractivity contribution is 7.16. The first kappa shape index (κ1) is 22.0. The Hall–Kier alpha value is -1.83. The molecule has 5 rings (SSSR count). The SMILES string of the molecule is O=C(Nc1sc2c(c1C(c1ccc(Cl)cc1Cl)N1CCOCC1)CCCC2)c1ccco1. The molecule has 1 atom stereocenters. The van der Waals surface area contributed by atoms with Gasteiger partial charge < -0.3 is 14.5 Å². The Morgan fingerprint density at radius 3 is 2.69 bits per heavy atom. The zero-order valence-electron chi connectivity index (χ0n) is 17.5. The van der Waals surface area contributed by atoms with Crippen molar-refractivity contribution in [3.63, 3.8) is 0 Å². The lowest BCUT2D eigenvalue weighted by atomic mass is 9.88. The summed E-state index contributed by atoms with van der Waals surface area (Å²) in [6.45, 7) is 2.92. The molecule has 0 saturated carbocycles. The molecule has 0 spiro atoms. The van der Waals surface area contributed by atoms with Crippen LogP contribution < -0.4 is 5.32 Å². The molecule has 1 amide bonds. The number of benzene rings is 1. The number of anilines is 1. The van der Waals surface area contributed by atoms with Gasteiger partial charge in [-0.1, -0.05) is 29.3 Å². The Morgan fingerprint density at radius 2 is 1.94 bits per heavy atom. The van der Waals surface area contributed by atoms with Crippen LogP contribution >= 0.6 is 34.5 Å². The van der Waals surface area contributed by atoms with Crippen molar-refractivity contribution in [2.45, 2.75) is 31.7 Å². The number of halogens is 2. The number of carbonyl (C=O) groups is 1. The zero-order valence-corrected chi connectivity index (χ0v) is 19.9. The van der Waals surface area contributed by atoms with Gasteiger partial charge in [0, 0.05) is 33.6 Å². The van der Waals surface area contributed by atoms with Gasteiger partial charge in [0.15, 0.2) is 5.76 Å². The molecule has 1 unspecified atom stereocenters. The molecule has 3 heterocycles. The topological polar surface area (TPSA) is 54.7 Å². The first-order valence-electron chi connectivity index (χ1n) is 10.9. The number of rotatable bonds is 5. The smallest absolute Gasteiger partial charge is 0.291 e. The van der Waals surface area contributed by atoms with Gasteiger partial charge in [-0.3, -0.25) is 9.69 Å². The summed E-state index contributed by atoms with van der Waals surface area (Å²) in [5.74, 6) is 0.0625. The highest BCUT2D eigenvalue weighted by Crippen LogP contribution is 2.47. The van der Waals surface area contributed by atoms with Gasteiger partial charge in [0.05, 0.1) is 25.5 Å². The summed E-state index contributed by atoms with van der Waals surface area (Å²) in [7, 11) is 0. The molecule has 168 valence electrons. The van der Waals surface area contributed by atoms with Crippen molar-refractivity contribution in [3.8, 4) is 0 Å². The molecule has 1 aromatic carbocycles. The molecule has 0 bridgehead atoms. The first-order chi connectivity index (χ1) is 15.6. The van der Waals surface area contributed by atoms with Crippen LogP contribution in [0.25, 0.3) is 0 Å². The fraction of sp³-hybridized carbons (Fsp3) is 0.375. The van der Waals surface area contributed by atoms with E-state index >= 15 is 0 Å². The highest BCUT2D eigenvalue weighted by atomic mass is 35.5. The fourth-order valence-electron chi connectivity index (χ4n) is 4.64. The second kappa shape index (κ2) is 9.57. The van der Waals surface area contributed by atoms with Crippen LogP contribution in [0.2, 0.25) is 10.0 Å². The number of aryl methyl sites for hydroxylation is 1. The number of amides is 1. The van der Waals surface area contributed by atoms with E-state index in [4.69, 9.17) is 32.4 Å². The van der Waals surface area contributed by atoms with Crippen LogP contribution in [0.1, 0.15) is 51.0 Å². The van der Waals surface area contributed by atoms with Gasteiger partial charge in [-0.15, -0.1) is 11.3 Å². The zero-order chi connectivity index (χ0) is 22.1. The number of fused-ring (bicyclic) bond motifs is 1. The number of nitrogens with zero attached hydrogens (tertiary/aromatic N) is 1. The summed E-state index contributed by atoms with van der Waals surface area (Å²) >= 11 is 14.6. The number of hydrogen-bond acceptors (Lipinski definition) is 5. The molecule has 1 fully saturated rings. The van der Waals surface area contributed by atoms with E-state index in [1.165, 1.54) is 23.1 Å². The summed E-state index contributed by atoms with van der Waals surface area (Å²) < 4.78 is 11.0. The number of morpholine rings is 1. The molecule has 3 aromatic rings. The predicted octanol–water partition coefficient (Wildman–Crippen LogP) is 6.20. The maximum Gasteiger partial charge on any atom is 0.291 e. The van der Waals surface area contributed by atoms with Crippen LogP contribution in [0.4, 0.5) is 5.00 Å². The molecule has 8 heteroatoms. The highest BCUT2D eigenvalue weighted by Gasteiger charge is 2.34. The minimum atomic E-state index is -0.238. The quantitative estimate of drug-likeness (QED) is 0.462. The van der Waals surface area contributed by atoms with E-state index in [0.29, 0.717) is 29.0 Å². The van der Waals surface area contributed by atoms with E-state index in [9.17, 15) is 4.79 Å². The van der Waals surface area contributed by atoms with E-state index in [1.807, 2.05) is 12.1 Å². The van der Waals surface area contributed by atoms with Crippen molar-refractivity contribution in [2.75, 3.05) is 31.6 Å². The van der Waals surface area contributed by atoms with Gasteiger partial charge in [-0.25, -0.2) is 0 Å². The molecular formula is C24H24Cl2N2O3S. The normalized spacial score (nSPS) is 17.7. The third-order valence-corrected chi connectivity index (χ3v) is 7.91. The standard InChI is InChI=1S/C24H24Cl2N2O3S/c25-15-7-8-16(18(26)14-15)22(28-9-12-30-13-10-28)21-17-4-1-2-6-20(17)32-24(21)27-23(29)19-5-3-11-31-19/h3,5,7-8,11,14,22H,1-2,4,6,9-10,12-13H2,(H,27,29). The lowest BCUT2D eigenvalue weighted by molar-refractivity contribution is 0.0239. The first-order valence-corrected chi connectivity index (χ1v) is 12.4. The van der Waals surface area contributed by atoms with Gasteiger partial charge in [-0.2, -0.15) is 0 Å². The van der Waals surface area contributed by atoms with Crippen LogP contribution in [-0.2, 0) is 17.6 Å². The van der Waals surface area contributed by atoms with Crippen molar-refractivity contribution in [2.24, 2.45) is 0 Å². The average molecular weight is 491 g/mol. The van der Waals surface area contributed by atoms with Gasteiger partial charge in [0.1, 0.15) is 5.00 Å². The minimum Gasteiger partial charge on any atom is -0.459 e. The van der Waals surface area contributed by atoms with Crippen molar-refractivity contribution in [3.05, 3.63) is 74.0 Å². The Balaban J connectivity index is 1.64. The predicted molar refractivity (Wildman–Crippen MR) is 128 cm³/mol. The van der Waals surface area contributed by atoms with E-state index in [1.54, 1.807) is 29.5 Å². The molecule has 1 saturated heterocycles. The van der Waals surface area contributed by atoms with Crippen LogP contribution in [0.3, 0.4) is 0 Å². The lowest BCUT2D eigenvalue weighted by Crippen LogP contribution is -2.40. The van der Waals surface area contributed by atoms with E-state index < -0.39 is 0 Å². The molecular weight excluding hydrogens is 467 g/mol. The largest absolute Gasteiger partial charge is 0.459 e. The van der Waals surface area contributed by atoms with Gasteiger partial charge >= 0.3 is 0 Å². The second-order valence-electron chi connectivity index (χ2n) is 8.10. The fourth-order valence-corrected chi connectivity index (χ4v) is 6.47. The number of nitrogens with one attached hydrogen (secondary N) is 1. The Bertz CT molecular complexity index is 1110. The lowest BCUT2D eigenvalue weighted by Gasteiger charge is -2.36. The average Bonchev–Trinajstić information content (AvgIpc) is 3.45. The molecule has 2 aromatic heterocycles. The number of furan rings is 1. The molecule has 1 aliphatic heterocycles. The van der Waals surface area contributed by atoms with Crippen LogP contribution in [0.15, 0.2) is 41.0 Å². The molecule has 32 heavy (non-hydrogen) atoms. The molecule has 0 radical (unpaired) electrons. The van der Waals surface area contributed by atoms with Gasteiger partial charge in [0.25, 0.3) is 5.91 Å². The van der Waals surface area contributed by atoms with Crippen molar-refractivity contribution >= 4 is 45.4 Å². The monoisotopic (exact) mass is 490 g/mol. The van der Waals surface area contributed by atoms with E-state index in [0.717, 1.165) is 48.5 Å². The van der Waals surface area contributed by atoms with Crippen LogP contribution in [0.5, 0.6) is 0 Å². The summed E-state index contributed by atoms with van der Waals surface area (Å²) in [4.78, 5) is 16.7. The van der Waals surface area contributed by atoms with Gasteiger partial charge in [0.2, 0.25) is 0 Å². The van der Waals surface area contributed by atoms with Crippen molar-refractivity contribution in [1.82, 2.24) is 4.90 Å². The minimum absolute atomic E-state index is 0.0892. The van der Waals surface area contributed by atoms with E-state index in [-0.39, 0.29) is 11.9 Å².